The number of hydrogen-bond donors (Lipinski definition) is 2. The average Bonchev–Trinajstić information content (AvgIpc) is 2.28. The van der Waals surface area contributed by atoms with Gasteiger partial charge in [-0.2, -0.15) is 0 Å². The Hall–Kier alpha value is -2.04. The van der Waals surface area contributed by atoms with Crippen molar-refractivity contribution in [3.63, 3.8) is 0 Å². The number of carboxylic acids is 1. The second-order valence-electron chi connectivity index (χ2n) is 3.04. The van der Waals surface area contributed by atoms with Crippen LogP contribution in [0.1, 0.15) is 27.6 Å². The van der Waals surface area contributed by atoms with Gasteiger partial charge in [-0.3, -0.25) is 0 Å². The Kier molecular flexibility index (Phi) is 3.88. The molecular formula is C11H13NO4. The van der Waals surface area contributed by atoms with Crippen LogP contribution in [0.5, 0.6) is 0 Å². The van der Waals surface area contributed by atoms with E-state index in [1.54, 1.807) is 14.0 Å². The molecule has 0 aliphatic heterocycles. The molecule has 1 aromatic carbocycles. The largest absolute Gasteiger partial charge is 0.478 e. The number of esters is 1. The van der Waals surface area contributed by atoms with E-state index in [0.29, 0.717) is 11.3 Å². The lowest BCUT2D eigenvalue weighted by Gasteiger charge is -2.07. The van der Waals surface area contributed by atoms with Gasteiger partial charge in [-0.15, -0.1) is 0 Å². The Morgan fingerprint density at radius 3 is 2.62 bits per heavy atom. The first-order chi connectivity index (χ1) is 7.60. The summed E-state index contributed by atoms with van der Waals surface area (Å²) in [5.74, 6) is -1.50. The third kappa shape index (κ3) is 2.50. The molecule has 0 aromatic heterocycles. The van der Waals surface area contributed by atoms with E-state index in [4.69, 9.17) is 9.84 Å². The Bertz CT molecular complexity index is 414. The van der Waals surface area contributed by atoms with Crippen molar-refractivity contribution in [2.45, 2.75) is 6.92 Å². The van der Waals surface area contributed by atoms with Crippen LogP contribution >= 0.6 is 0 Å². The van der Waals surface area contributed by atoms with E-state index >= 15 is 0 Å². The van der Waals surface area contributed by atoms with Gasteiger partial charge in [0.1, 0.15) is 0 Å². The molecule has 0 amide bonds. The third-order valence-electron chi connectivity index (χ3n) is 2.03. The van der Waals surface area contributed by atoms with Crippen molar-refractivity contribution >= 4 is 17.6 Å². The van der Waals surface area contributed by atoms with Crippen LogP contribution in [0.4, 0.5) is 5.69 Å². The van der Waals surface area contributed by atoms with Gasteiger partial charge in [0.05, 0.1) is 17.7 Å². The first kappa shape index (κ1) is 12.0. The molecule has 0 aliphatic carbocycles. The molecule has 0 spiro atoms. The number of benzene rings is 1. The second-order valence-corrected chi connectivity index (χ2v) is 3.04. The molecule has 0 atom stereocenters. The van der Waals surface area contributed by atoms with Crippen LogP contribution in [0, 0.1) is 0 Å². The number of carboxylic acid groups (broad SMARTS) is 1. The van der Waals surface area contributed by atoms with Gasteiger partial charge in [-0.1, -0.05) is 0 Å². The highest BCUT2D eigenvalue weighted by molar-refractivity contribution is 5.98. The monoisotopic (exact) mass is 223 g/mol. The molecule has 0 unspecified atom stereocenters. The highest BCUT2D eigenvalue weighted by atomic mass is 16.5. The normalized spacial score (nSPS) is 9.62. The van der Waals surface area contributed by atoms with Crippen molar-refractivity contribution in [2.24, 2.45) is 0 Å². The number of hydrogen-bond acceptors (Lipinski definition) is 4. The summed E-state index contributed by atoms with van der Waals surface area (Å²) in [5, 5.41) is 11.6. The summed E-state index contributed by atoms with van der Waals surface area (Å²) < 4.78 is 4.81. The number of nitrogens with one attached hydrogen (secondary N) is 1. The van der Waals surface area contributed by atoms with Gasteiger partial charge in [0.2, 0.25) is 0 Å². The molecule has 0 bridgehead atoms. The lowest BCUT2D eigenvalue weighted by Crippen LogP contribution is -2.08. The van der Waals surface area contributed by atoms with E-state index in [1.165, 1.54) is 18.2 Å². The maximum Gasteiger partial charge on any atom is 0.338 e. The maximum atomic E-state index is 11.4. The Labute approximate surface area is 93.0 Å². The van der Waals surface area contributed by atoms with Crippen LogP contribution < -0.4 is 5.32 Å². The lowest BCUT2D eigenvalue weighted by molar-refractivity contribution is 0.0525. The molecule has 0 heterocycles. The van der Waals surface area contributed by atoms with Gasteiger partial charge in [0.15, 0.2) is 0 Å². The van der Waals surface area contributed by atoms with Gasteiger partial charge in [-0.25, -0.2) is 9.59 Å². The fourth-order valence-electron chi connectivity index (χ4n) is 1.28. The summed E-state index contributed by atoms with van der Waals surface area (Å²) in [6, 6.07) is 4.27. The molecule has 0 aliphatic rings. The number of carbonyl (C=O) groups excluding carboxylic acids is 1. The molecule has 5 heteroatoms. The fourth-order valence-corrected chi connectivity index (χ4v) is 1.28. The van der Waals surface area contributed by atoms with Gasteiger partial charge < -0.3 is 15.2 Å². The fraction of sp³-hybridized carbons (Fsp3) is 0.273. The summed E-state index contributed by atoms with van der Waals surface area (Å²) in [5.41, 5.74) is 0.838. The van der Waals surface area contributed by atoms with Crippen molar-refractivity contribution in [1.29, 1.82) is 0 Å². The summed E-state index contributed by atoms with van der Waals surface area (Å²) >= 11 is 0. The molecular weight excluding hydrogens is 210 g/mol. The van der Waals surface area contributed by atoms with E-state index in [2.05, 4.69) is 5.32 Å². The van der Waals surface area contributed by atoms with Crippen molar-refractivity contribution in [2.75, 3.05) is 19.0 Å². The first-order valence-electron chi connectivity index (χ1n) is 4.82. The Morgan fingerprint density at radius 2 is 2.12 bits per heavy atom. The van der Waals surface area contributed by atoms with Gasteiger partial charge in [-0.05, 0) is 25.1 Å². The highest BCUT2D eigenvalue weighted by Crippen LogP contribution is 2.18. The molecule has 0 saturated carbocycles. The third-order valence-corrected chi connectivity index (χ3v) is 2.03. The van der Waals surface area contributed by atoms with E-state index in [0.717, 1.165) is 0 Å². The number of aromatic carboxylic acids is 1. The second kappa shape index (κ2) is 5.16. The molecule has 5 nitrogen and oxygen atoms in total. The van der Waals surface area contributed by atoms with Crippen molar-refractivity contribution in [3.8, 4) is 0 Å². The summed E-state index contributed by atoms with van der Waals surface area (Å²) in [6.45, 7) is 2.00. The zero-order valence-corrected chi connectivity index (χ0v) is 9.11. The predicted molar refractivity (Wildman–Crippen MR) is 58.9 cm³/mol. The summed E-state index contributed by atoms with van der Waals surface area (Å²) in [4.78, 5) is 22.2. The smallest absolute Gasteiger partial charge is 0.338 e. The maximum absolute atomic E-state index is 11.4. The van der Waals surface area contributed by atoms with Gasteiger partial charge in [0.25, 0.3) is 0 Å². The predicted octanol–water partition coefficient (Wildman–Crippen LogP) is 1.60. The Balaban J connectivity index is 3.08. The molecule has 1 aromatic rings. The minimum Gasteiger partial charge on any atom is -0.478 e. The van der Waals surface area contributed by atoms with Crippen LogP contribution in [-0.4, -0.2) is 30.7 Å². The summed E-state index contributed by atoms with van der Waals surface area (Å²) in [6.07, 6.45) is 0. The molecule has 86 valence electrons. The van der Waals surface area contributed by atoms with Crippen LogP contribution in [0.2, 0.25) is 0 Å². The zero-order valence-electron chi connectivity index (χ0n) is 9.11. The standard InChI is InChI=1S/C11H13NO4/c1-3-16-11(15)7-4-5-8(10(13)14)9(6-7)12-2/h4-6,12H,3H2,1-2H3,(H,13,14). The number of rotatable bonds is 4. The van der Waals surface area contributed by atoms with E-state index in [9.17, 15) is 9.59 Å². The van der Waals surface area contributed by atoms with Crippen LogP contribution in [0.3, 0.4) is 0 Å². The first-order valence-corrected chi connectivity index (χ1v) is 4.82. The molecule has 16 heavy (non-hydrogen) atoms. The van der Waals surface area contributed by atoms with Crippen molar-refractivity contribution in [3.05, 3.63) is 29.3 Å². The quantitative estimate of drug-likeness (QED) is 0.758. The number of ether oxygens (including phenoxy) is 1. The molecule has 0 radical (unpaired) electrons. The van der Waals surface area contributed by atoms with E-state index in [-0.39, 0.29) is 12.2 Å². The molecule has 0 fully saturated rings. The molecule has 0 saturated heterocycles. The number of carbonyl (C=O) groups is 2. The number of anilines is 1. The molecule has 1 rings (SSSR count). The van der Waals surface area contributed by atoms with Gasteiger partial charge in [0, 0.05) is 12.7 Å². The topological polar surface area (TPSA) is 75.6 Å². The van der Waals surface area contributed by atoms with Gasteiger partial charge >= 0.3 is 11.9 Å². The van der Waals surface area contributed by atoms with Crippen LogP contribution in [0.15, 0.2) is 18.2 Å². The summed E-state index contributed by atoms with van der Waals surface area (Å²) in [7, 11) is 1.59. The lowest BCUT2D eigenvalue weighted by atomic mass is 10.1. The molecule has 2 N–H and O–H groups in total. The Morgan fingerprint density at radius 1 is 1.44 bits per heavy atom. The van der Waals surface area contributed by atoms with Crippen molar-refractivity contribution < 1.29 is 19.4 Å². The van der Waals surface area contributed by atoms with Crippen LogP contribution in [0.25, 0.3) is 0 Å². The SMILES string of the molecule is CCOC(=O)c1ccc(C(=O)O)c(NC)c1. The minimum atomic E-state index is -1.04. The minimum absolute atomic E-state index is 0.121. The highest BCUT2D eigenvalue weighted by Gasteiger charge is 2.13. The van der Waals surface area contributed by atoms with E-state index in [1.807, 2.05) is 0 Å². The zero-order chi connectivity index (χ0) is 12.1. The van der Waals surface area contributed by atoms with E-state index < -0.39 is 11.9 Å². The van der Waals surface area contributed by atoms with Crippen LogP contribution in [-0.2, 0) is 4.74 Å². The average molecular weight is 223 g/mol. The van der Waals surface area contributed by atoms with Crippen molar-refractivity contribution in [1.82, 2.24) is 0 Å².